The number of morpholine rings is 1. The summed E-state index contributed by atoms with van der Waals surface area (Å²) in [4.78, 5) is 26.0. The van der Waals surface area contributed by atoms with Crippen molar-refractivity contribution < 1.29 is 14.3 Å². The number of nitrogens with one attached hydrogen (secondary N) is 2. The van der Waals surface area contributed by atoms with Gasteiger partial charge in [0.25, 0.3) is 0 Å². The van der Waals surface area contributed by atoms with Gasteiger partial charge in [-0.25, -0.2) is 5.43 Å². The minimum Gasteiger partial charge on any atom is -0.379 e. The Morgan fingerprint density at radius 3 is 2.62 bits per heavy atom. The number of ether oxygens (including phenoxy) is 1. The van der Waals surface area contributed by atoms with Crippen molar-refractivity contribution in [3.63, 3.8) is 0 Å². The van der Waals surface area contributed by atoms with Crippen molar-refractivity contribution in [3.8, 4) is 0 Å². The highest BCUT2D eigenvalue weighted by molar-refractivity contribution is 6.00. The van der Waals surface area contributed by atoms with E-state index in [0.29, 0.717) is 25.1 Å². The van der Waals surface area contributed by atoms with Crippen molar-refractivity contribution >= 4 is 17.5 Å². The van der Waals surface area contributed by atoms with E-state index in [2.05, 4.69) is 20.7 Å². The highest BCUT2D eigenvalue weighted by Crippen LogP contribution is 2.02. The number of aryl methyl sites for hydroxylation is 1. The van der Waals surface area contributed by atoms with E-state index in [1.54, 1.807) is 6.92 Å². The number of nitrogens with zero attached hydrogens (tertiary/aromatic N) is 2. The van der Waals surface area contributed by atoms with Gasteiger partial charge in [-0.05, 0) is 18.9 Å². The zero-order valence-electron chi connectivity index (χ0n) is 15.4. The Labute approximate surface area is 154 Å². The fraction of sp³-hybridized carbons (Fsp3) is 0.526. The largest absolute Gasteiger partial charge is 0.379 e. The number of amides is 2. The Bertz CT molecular complexity index is 598. The van der Waals surface area contributed by atoms with Gasteiger partial charge in [0.15, 0.2) is 0 Å². The normalized spacial score (nSPS) is 15.5. The van der Waals surface area contributed by atoms with Gasteiger partial charge in [-0.3, -0.25) is 14.5 Å². The molecule has 7 nitrogen and oxygen atoms in total. The van der Waals surface area contributed by atoms with Gasteiger partial charge in [0.05, 0.1) is 19.6 Å². The zero-order chi connectivity index (χ0) is 18.6. The topological polar surface area (TPSA) is 83.0 Å². The van der Waals surface area contributed by atoms with E-state index in [9.17, 15) is 9.59 Å². The van der Waals surface area contributed by atoms with Gasteiger partial charge < -0.3 is 10.1 Å². The molecule has 26 heavy (non-hydrogen) atoms. The lowest BCUT2D eigenvalue weighted by Gasteiger charge is -2.26. The van der Waals surface area contributed by atoms with Crippen molar-refractivity contribution in [2.24, 2.45) is 5.10 Å². The first-order valence-corrected chi connectivity index (χ1v) is 9.06. The minimum absolute atomic E-state index is 0.0851. The molecule has 0 radical (unpaired) electrons. The Morgan fingerprint density at radius 1 is 1.15 bits per heavy atom. The van der Waals surface area contributed by atoms with Gasteiger partial charge >= 0.3 is 0 Å². The van der Waals surface area contributed by atoms with Crippen LogP contribution in [0, 0.1) is 0 Å². The van der Waals surface area contributed by atoms with Crippen molar-refractivity contribution in [2.45, 2.75) is 26.2 Å². The van der Waals surface area contributed by atoms with E-state index in [4.69, 9.17) is 4.74 Å². The quantitative estimate of drug-likeness (QED) is 0.507. The van der Waals surface area contributed by atoms with Crippen LogP contribution in [-0.2, 0) is 20.7 Å². The van der Waals surface area contributed by atoms with Crippen LogP contribution in [0.2, 0.25) is 0 Å². The molecule has 1 heterocycles. The minimum atomic E-state index is -0.152. The third kappa shape index (κ3) is 8.22. The molecule has 1 fully saturated rings. The summed E-state index contributed by atoms with van der Waals surface area (Å²) in [7, 11) is 0. The number of rotatable bonds is 9. The van der Waals surface area contributed by atoms with Crippen LogP contribution in [0.3, 0.4) is 0 Å². The average molecular weight is 360 g/mol. The lowest BCUT2D eigenvalue weighted by molar-refractivity contribution is -0.121. The van der Waals surface area contributed by atoms with Crippen molar-refractivity contribution in [1.29, 1.82) is 0 Å². The molecule has 0 aliphatic carbocycles. The van der Waals surface area contributed by atoms with Gasteiger partial charge in [0, 0.05) is 38.3 Å². The van der Waals surface area contributed by atoms with Crippen LogP contribution in [0.4, 0.5) is 0 Å². The maximum absolute atomic E-state index is 11.9. The molecular formula is C19H28N4O3. The fourth-order valence-electron chi connectivity index (χ4n) is 2.63. The lowest BCUT2D eigenvalue weighted by atomic mass is 10.1. The second-order valence-corrected chi connectivity index (χ2v) is 6.35. The van der Waals surface area contributed by atoms with Gasteiger partial charge in [0.1, 0.15) is 0 Å². The number of hydrogen-bond acceptors (Lipinski definition) is 5. The highest BCUT2D eigenvalue weighted by atomic mass is 16.5. The smallest absolute Gasteiger partial charge is 0.240 e. The third-order valence-corrected chi connectivity index (χ3v) is 4.13. The molecule has 0 spiro atoms. The standard InChI is InChI=1S/C19H28N4O3/c1-16(15-19(25)20-9-10-23-11-13-26-14-12-23)21-22-18(24)8-7-17-5-3-2-4-6-17/h2-6H,7-15H2,1H3,(H,20,25)(H,22,24). The van der Waals surface area contributed by atoms with Gasteiger partial charge in [-0.15, -0.1) is 0 Å². The number of benzene rings is 1. The van der Waals surface area contributed by atoms with Crippen molar-refractivity contribution in [3.05, 3.63) is 35.9 Å². The summed E-state index contributed by atoms with van der Waals surface area (Å²) in [5.41, 5.74) is 4.21. The molecule has 2 rings (SSSR count). The van der Waals surface area contributed by atoms with Gasteiger partial charge in [0.2, 0.25) is 11.8 Å². The molecule has 1 saturated heterocycles. The van der Waals surface area contributed by atoms with E-state index in [1.165, 1.54) is 0 Å². The summed E-state index contributed by atoms with van der Waals surface area (Å²) in [6, 6.07) is 9.83. The number of carbonyl (C=O) groups excluding carboxylic acids is 2. The van der Waals surface area contributed by atoms with Crippen molar-refractivity contribution in [1.82, 2.24) is 15.6 Å². The zero-order valence-corrected chi connectivity index (χ0v) is 15.4. The molecule has 1 aromatic rings. The first kappa shape index (κ1) is 20.1. The van der Waals surface area contributed by atoms with Crippen LogP contribution in [-0.4, -0.2) is 61.8 Å². The van der Waals surface area contributed by atoms with Crippen LogP contribution >= 0.6 is 0 Å². The molecule has 0 saturated carbocycles. The molecule has 0 bridgehead atoms. The van der Waals surface area contributed by atoms with Crippen LogP contribution in [0.15, 0.2) is 35.4 Å². The molecule has 2 N–H and O–H groups in total. The second kappa shape index (κ2) is 11.4. The number of carbonyl (C=O) groups is 2. The number of hydrazone groups is 1. The summed E-state index contributed by atoms with van der Waals surface area (Å²) >= 11 is 0. The van der Waals surface area contributed by atoms with Crippen molar-refractivity contribution in [2.75, 3.05) is 39.4 Å². The van der Waals surface area contributed by atoms with Crippen LogP contribution in [0.25, 0.3) is 0 Å². The average Bonchev–Trinajstić information content (AvgIpc) is 2.66. The molecular weight excluding hydrogens is 332 g/mol. The predicted octanol–water partition coefficient (Wildman–Crippen LogP) is 0.950. The van der Waals surface area contributed by atoms with E-state index >= 15 is 0 Å². The molecule has 0 unspecified atom stereocenters. The van der Waals surface area contributed by atoms with E-state index in [0.717, 1.165) is 38.4 Å². The monoisotopic (exact) mass is 360 g/mol. The lowest BCUT2D eigenvalue weighted by Crippen LogP contribution is -2.41. The van der Waals surface area contributed by atoms with Gasteiger partial charge in [-0.1, -0.05) is 30.3 Å². The first-order valence-electron chi connectivity index (χ1n) is 9.06. The molecule has 1 aliphatic heterocycles. The van der Waals surface area contributed by atoms with E-state index in [1.807, 2.05) is 30.3 Å². The summed E-state index contributed by atoms with van der Waals surface area (Å²) in [5.74, 6) is -0.237. The molecule has 1 aromatic carbocycles. The maximum Gasteiger partial charge on any atom is 0.240 e. The second-order valence-electron chi connectivity index (χ2n) is 6.35. The first-order chi connectivity index (χ1) is 12.6. The molecule has 0 aromatic heterocycles. The van der Waals surface area contributed by atoms with Crippen LogP contribution in [0.5, 0.6) is 0 Å². The predicted molar refractivity (Wildman–Crippen MR) is 101 cm³/mol. The van der Waals surface area contributed by atoms with E-state index < -0.39 is 0 Å². The Hall–Kier alpha value is -2.25. The maximum atomic E-state index is 11.9. The molecule has 1 aliphatic rings. The highest BCUT2D eigenvalue weighted by Gasteiger charge is 2.10. The summed E-state index contributed by atoms with van der Waals surface area (Å²) in [5, 5.41) is 6.88. The SMILES string of the molecule is CC(CC(=O)NCCN1CCOCC1)=NNC(=O)CCc1ccccc1. The Morgan fingerprint density at radius 2 is 1.88 bits per heavy atom. The van der Waals surface area contributed by atoms with E-state index in [-0.39, 0.29) is 18.2 Å². The van der Waals surface area contributed by atoms with Crippen LogP contribution in [0.1, 0.15) is 25.3 Å². The number of hydrogen-bond donors (Lipinski definition) is 2. The summed E-state index contributed by atoms with van der Waals surface area (Å²) in [6.07, 6.45) is 1.22. The van der Waals surface area contributed by atoms with Gasteiger partial charge in [-0.2, -0.15) is 5.10 Å². The molecule has 7 heteroatoms. The molecule has 142 valence electrons. The fourth-order valence-corrected chi connectivity index (χ4v) is 2.63. The third-order valence-electron chi connectivity index (χ3n) is 4.13. The Kier molecular flexibility index (Phi) is 8.78. The Balaban J connectivity index is 1.58. The summed E-state index contributed by atoms with van der Waals surface area (Å²) < 4.78 is 5.29. The molecule has 2 amide bonds. The molecule has 0 atom stereocenters. The van der Waals surface area contributed by atoms with Crippen LogP contribution < -0.4 is 10.7 Å². The summed E-state index contributed by atoms with van der Waals surface area (Å²) in [6.45, 7) is 6.49.